The molecule has 7 nitrogen and oxygen atoms in total. The summed E-state index contributed by atoms with van der Waals surface area (Å²) in [5.41, 5.74) is -0.829. The molecule has 290 valence electrons. The van der Waals surface area contributed by atoms with Crippen LogP contribution in [0.3, 0.4) is 0 Å². The Morgan fingerprint density at radius 2 is 1.55 bits per heavy atom. The third kappa shape index (κ3) is 20.1. The predicted octanol–water partition coefficient (Wildman–Crippen LogP) is 10.1. The first kappa shape index (κ1) is 44.3. The van der Waals surface area contributed by atoms with Gasteiger partial charge in [-0.3, -0.25) is 9.59 Å². The van der Waals surface area contributed by atoms with Gasteiger partial charge in [-0.05, 0) is 88.3 Å². The number of alkyl halides is 3. The van der Waals surface area contributed by atoms with Crippen molar-refractivity contribution in [3.05, 3.63) is 54.1 Å². The standard InChI is InChI=1S/C41H63F3O7/c1-3-4-5-6-7-8-9-10-11-12-13-14-17-20-28-49-40(48)25-19-16-15-18-24-37-36(38(47)30-39(37)51-32(2)45)27-26-34(46)31-50-35-23-21-22-33(29-35)41(42,43)44/h8-9,15,18,21-23,29,34,36-39,46-47H,3-7,10-14,16-17,19-20,24-28,30-31H2,1-2H3/b9-8+,18-15-/t34-,36-,37-,38-,39+/m1/s1. The molecule has 1 saturated carbocycles. The maximum atomic E-state index is 13.0. The van der Waals surface area contributed by atoms with Gasteiger partial charge in [0.1, 0.15) is 18.5 Å². The largest absolute Gasteiger partial charge is 0.491 e. The van der Waals surface area contributed by atoms with Crippen LogP contribution in [0.2, 0.25) is 0 Å². The van der Waals surface area contributed by atoms with Gasteiger partial charge in [-0.2, -0.15) is 13.2 Å². The van der Waals surface area contributed by atoms with Crippen LogP contribution in [0.15, 0.2) is 48.6 Å². The van der Waals surface area contributed by atoms with Crippen LogP contribution in [0.25, 0.3) is 0 Å². The number of hydrogen-bond donors (Lipinski definition) is 2. The van der Waals surface area contributed by atoms with Crippen molar-refractivity contribution in [1.82, 2.24) is 0 Å². The summed E-state index contributed by atoms with van der Waals surface area (Å²) in [4.78, 5) is 23.9. The maximum absolute atomic E-state index is 13.0. The zero-order chi connectivity index (χ0) is 37.3. The van der Waals surface area contributed by atoms with E-state index in [9.17, 15) is 33.0 Å². The number of carbonyl (C=O) groups excluding carboxylic acids is 2. The third-order valence-corrected chi connectivity index (χ3v) is 9.50. The van der Waals surface area contributed by atoms with Gasteiger partial charge in [0.15, 0.2) is 0 Å². The molecule has 0 aromatic heterocycles. The molecule has 0 spiro atoms. The molecule has 0 saturated heterocycles. The SMILES string of the molecule is CCCCCC/C=C/CCCCCCCCOC(=O)CCC/C=C\C[C@@H]1[C@@H](CC[C@@H](O)COc2cccc(C(F)(F)F)c2)[C@H](O)C[C@@H]1OC(C)=O. The normalized spacial score (nSPS) is 19.9. The van der Waals surface area contributed by atoms with Crippen molar-refractivity contribution in [2.45, 2.75) is 160 Å². The van der Waals surface area contributed by atoms with Crippen molar-refractivity contribution in [3.63, 3.8) is 0 Å². The summed E-state index contributed by atoms with van der Waals surface area (Å²) in [7, 11) is 0. The topological polar surface area (TPSA) is 102 Å². The van der Waals surface area contributed by atoms with Crippen LogP contribution in [0, 0.1) is 11.8 Å². The van der Waals surface area contributed by atoms with E-state index in [2.05, 4.69) is 19.1 Å². The second-order valence-corrected chi connectivity index (χ2v) is 13.9. The number of halogens is 3. The van der Waals surface area contributed by atoms with Gasteiger partial charge >= 0.3 is 18.1 Å². The molecule has 51 heavy (non-hydrogen) atoms. The molecule has 2 rings (SSSR count). The number of ether oxygens (including phenoxy) is 3. The van der Waals surface area contributed by atoms with Crippen LogP contribution < -0.4 is 4.74 Å². The number of rotatable bonds is 27. The summed E-state index contributed by atoms with van der Waals surface area (Å²) in [6.45, 7) is 3.84. The molecule has 0 bridgehead atoms. The van der Waals surface area contributed by atoms with E-state index < -0.39 is 36.0 Å². The maximum Gasteiger partial charge on any atom is 0.416 e. The average molecular weight is 725 g/mol. The van der Waals surface area contributed by atoms with Crippen LogP contribution in [-0.2, 0) is 25.2 Å². The lowest BCUT2D eigenvalue weighted by Crippen LogP contribution is -2.27. The van der Waals surface area contributed by atoms with Gasteiger partial charge in [0.2, 0.25) is 0 Å². The number of aliphatic hydroxyl groups excluding tert-OH is 2. The van der Waals surface area contributed by atoms with Gasteiger partial charge < -0.3 is 24.4 Å². The number of hydrogen-bond acceptors (Lipinski definition) is 7. The molecule has 10 heteroatoms. The number of carbonyl (C=O) groups is 2. The Kier molecular flexibility index (Phi) is 22.6. The van der Waals surface area contributed by atoms with Gasteiger partial charge in [-0.1, -0.05) is 82.2 Å². The summed E-state index contributed by atoms with van der Waals surface area (Å²) < 4.78 is 55.3. The number of benzene rings is 1. The van der Waals surface area contributed by atoms with Crippen molar-refractivity contribution in [2.75, 3.05) is 13.2 Å². The minimum Gasteiger partial charge on any atom is -0.491 e. The van der Waals surface area contributed by atoms with Crippen molar-refractivity contribution >= 4 is 11.9 Å². The molecule has 1 aliphatic carbocycles. The highest BCUT2D eigenvalue weighted by Crippen LogP contribution is 2.40. The number of esters is 2. The zero-order valence-electron chi connectivity index (χ0n) is 30.9. The summed E-state index contributed by atoms with van der Waals surface area (Å²) in [5.74, 6) is -1.01. The number of unbranched alkanes of at least 4 members (excludes halogenated alkanes) is 11. The van der Waals surface area contributed by atoms with E-state index in [1.54, 1.807) is 0 Å². The van der Waals surface area contributed by atoms with Crippen LogP contribution in [0.5, 0.6) is 5.75 Å². The summed E-state index contributed by atoms with van der Waals surface area (Å²) in [5, 5.41) is 21.3. The van der Waals surface area contributed by atoms with E-state index in [4.69, 9.17) is 14.2 Å². The van der Waals surface area contributed by atoms with E-state index in [1.807, 2.05) is 12.2 Å². The Morgan fingerprint density at radius 3 is 2.24 bits per heavy atom. The highest BCUT2D eigenvalue weighted by Gasteiger charge is 2.43. The van der Waals surface area contributed by atoms with Crippen molar-refractivity contribution < 1.29 is 47.2 Å². The monoisotopic (exact) mass is 724 g/mol. The second-order valence-electron chi connectivity index (χ2n) is 13.9. The molecule has 5 atom stereocenters. The molecule has 1 fully saturated rings. The van der Waals surface area contributed by atoms with E-state index in [0.717, 1.165) is 25.0 Å². The molecule has 0 heterocycles. The molecular formula is C41H63F3O7. The van der Waals surface area contributed by atoms with Crippen LogP contribution in [-0.4, -0.2) is 53.7 Å². The minimum atomic E-state index is -4.49. The van der Waals surface area contributed by atoms with E-state index >= 15 is 0 Å². The average Bonchev–Trinajstić information content (AvgIpc) is 3.37. The van der Waals surface area contributed by atoms with Gasteiger partial charge in [0.05, 0.1) is 24.4 Å². The first-order valence-electron chi connectivity index (χ1n) is 19.3. The van der Waals surface area contributed by atoms with Crippen LogP contribution in [0.4, 0.5) is 13.2 Å². The Hall–Kier alpha value is -2.85. The van der Waals surface area contributed by atoms with Gasteiger partial charge in [-0.15, -0.1) is 0 Å². The quantitative estimate of drug-likeness (QED) is 0.0529. The lowest BCUT2D eigenvalue weighted by atomic mass is 9.86. The van der Waals surface area contributed by atoms with E-state index in [-0.39, 0.29) is 36.6 Å². The van der Waals surface area contributed by atoms with E-state index in [0.29, 0.717) is 45.1 Å². The molecule has 2 N–H and O–H groups in total. The van der Waals surface area contributed by atoms with Crippen molar-refractivity contribution in [2.24, 2.45) is 11.8 Å². The minimum absolute atomic E-state index is 0.0133. The fourth-order valence-electron chi connectivity index (χ4n) is 6.64. The Labute approximate surface area is 304 Å². The number of aliphatic hydroxyl groups is 2. The lowest BCUT2D eigenvalue weighted by Gasteiger charge is -2.25. The Morgan fingerprint density at radius 1 is 0.902 bits per heavy atom. The second kappa shape index (κ2) is 26.0. The number of allylic oxidation sites excluding steroid dienone is 4. The first-order valence-corrected chi connectivity index (χ1v) is 19.3. The van der Waals surface area contributed by atoms with Gasteiger partial charge in [0.25, 0.3) is 0 Å². The summed E-state index contributed by atoms with van der Waals surface area (Å²) in [6.07, 6.45) is 19.7. The molecule has 1 aromatic carbocycles. The summed E-state index contributed by atoms with van der Waals surface area (Å²) in [6, 6.07) is 4.49. The van der Waals surface area contributed by atoms with Crippen LogP contribution in [0.1, 0.15) is 141 Å². The van der Waals surface area contributed by atoms with Crippen molar-refractivity contribution in [1.29, 1.82) is 0 Å². The molecule has 1 aliphatic rings. The fourth-order valence-corrected chi connectivity index (χ4v) is 6.64. The zero-order valence-corrected chi connectivity index (χ0v) is 30.9. The Balaban J connectivity index is 1.61. The van der Waals surface area contributed by atoms with Gasteiger partial charge in [0, 0.05) is 25.7 Å². The predicted molar refractivity (Wildman–Crippen MR) is 194 cm³/mol. The third-order valence-electron chi connectivity index (χ3n) is 9.50. The molecular weight excluding hydrogens is 661 g/mol. The van der Waals surface area contributed by atoms with Crippen molar-refractivity contribution in [3.8, 4) is 5.75 Å². The first-order chi connectivity index (χ1) is 24.5. The van der Waals surface area contributed by atoms with E-state index in [1.165, 1.54) is 83.3 Å². The van der Waals surface area contributed by atoms with Crippen LogP contribution >= 0.6 is 0 Å². The summed E-state index contributed by atoms with van der Waals surface area (Å²) >= 11 is 0. The molecule has 0 radical (unpaired) electrons. The lowest BCUT2D eigenvalue weighted by molar-refractivity contribution is -0.148. The molecule has 1 aromatic rings. The Bertz CT molecular complexity index is 1150. The molecule has 0 amide bonds. The fraction of sp³-hybridized carbons (Fsp3) is 0.707. The highest BCUT2D eigenvalue weighted by molar-refractivity contribution is 5.69. The molecule has 0 unspecified atom stereocenters. The highest BCUT2D eigenvalue weighted by atomic mass is 19.4. The molecule has 0 aliphatic heterocycles. The smallest absolute Gasteiger partial charge is 0.416 e. The van der Waals surface area contributed by atoms with Gasteiger partial charge in [-0.25, -0.2) is 0 Å².